The molecule has 7 nitrogen and oxygen atoms in total. The predicted octanol–water partition coefficient (Wildman–Crippen LogP) is 1.78. The molecule has 3 rings (SSSR count). The fourth-order valence-electron chi connectivity index (χ4n) is 3.55. The number of nitrogens with one attached hydrogen (secondary N) is 1. The number of piperidine rings is 1. The molecule has 1 aromatic rings. The van der Waals surface area contributed by atoms with Crippen LogP contribution in [0.5, 0.6) is 5.75 Å². The van der Waals surface area contributed by atoms with E-state index in [4.69, 9.17) is 9.84 Å². The molecule has 25 heavy (non-hydrogen) atoms. The molecule has 2 aliphatic heterocycles. The Labute approximate surface area is 147 Å². The molecule has 2 heterocycles. The number of benzene rings is 1. The van der Waals surface area contributed by atoms with Gasteiger partial charge in [-0.3, -0.25) is 4.79 Å². The second-order valence-electron chi connectivity index (χ2n) is 6.71. The van der Waals surface area contributed by atoms with Crippen LogP contribution in [0.25, 0.3) is 0 Å². The molecule has 0 aliphatic carbocycles. The van der Waals surface area contributed by atoms with Gasteiger partial charge in [0.25, 0.3) is 0 Å². The number of carboxylic acids is 1. The summed E-state index contributed by atoms with van der Waals surface area (Å²) in [4.78, 5) is 27.3. The molecule has 2 amide bonds. The number of aliphatic carboxylic acids is 1. The van der Waals surface area contributed by atoms with E-state index in [1.54, 1.807) is 12.0 Å². The zero-order valence-corrected chi connectivity index (χ0v) is 14.5. The fraction of sp³-hybridized carbons (Fsp3) is 0.556. The van der Waals surface area contributed by atoms with Gasteiger partial charge in [0.15, 0.2) is 0 Å². The SMILES string of the molecule is COc1cccc(N2CCCC(NC(=O)N3CCC(C(=O)O)C3)C2)c1. The first-order valence-electron chi connectivity index (χ1n) is 8.74. The number of likely N-dealkylation sites (tertiary alicyclic amines) is 1. The Bertz CT molecular complexity index is 637. The zero-order chi connectivity index (χ0) is 17.8. The Kier molecular flexibility index (Phi) is 5.31. The number of carbonyl (C=O) groups excluding carboxylic acids is 1. The van der Waals surface area contributed by atoms with Gasteiger partial charge in [0.1, 0.15) is 5.75 Å². The number of urea groups is 1. The quantitative estimate of drug-likeness (QED) is 0.868. The summed E-state index contributed by atoms with van der Waals surface area (Å²) in [7, 11) is 1.65. The minimum Gasteiger partial charge on any atom is -0.497 e. The predicted molar refractivity (Wildman–Crippen MR) is 94.1 cm³/mol. The number of anilines is 1. The van der Waals surface area contributed by atoms with E-state index in [9.17, 15) is 9.59 Å². The molecule has 2 fully saturated rings. The standard InChI is InChI=1S/C18H25N3O4/c1-25-16-6-2-5-15(10-16)20-8-3-4-14(12-20)19-18(24)21-9-7-13(11-21)17(22)23/h2,5-6,10,13-14H,3-4,7-9,11-12H2,1H3,(H,19,24)(H,22,23). The van der Waals surface area contributed by atoms with Crippen molar-refractivity contribution in [1.82, 2.24) is 10.2 Å². The van der Waals surface area contributed by atoms with E-state index in [0.29, 0.717) is 19.5 Å². The highest BCUT2D eigenvalue weighted by Gasteiger charge is 2.32. The van der Waals surface area contributed by atoms with Crippen molar-refractivity contribution in [1.29, 1.82) is 0 Å². The third-order valence-corrected chi connectivity index (χ3v) is 4.99. The Morgan fingerprint density at radius 3 is 2.80 bits per heavy atom. The van der Waals surface area contributed by atoms with Gasteiger partial charge in [-0.15, -0.1) is 0 Å². The maximum absolute atomic E-state index is 12.4. The lowest BCUT2D eigenvalue weighted by molar-refractivity contribution is -0.141. The lowest BCUT2D eigenvalue weighted by Crippen LogP contribution is -2.51. The van der Waals surface area contributed by atoms with Crippen LogP contribution in [-0.4, -0.2) is 61.3 Å². The lowest BCUT2D eigenvalue weighted by atomic mass is 10.0. The van der Waals surface area contributed by atoms with Gasteiger partial charge >= 0.3 is 12.0 Å². The molecule has 0 radical (unpaired) electrons. The number of amides is 2. The van der Waals surface area contributed by atoms with E-state index in [-0.39, 0.29) is 12.1 Å². The van der Waals surface area contributed by atoms with E-state index >= 15 is 0 Å². The van der Waals surface area contributed by atoms with Crippen LogP contribution < -0.4 is 15.0 Å². The third-order valence-electron chi connectivity index (χ3n) is 4.99. The van der Waals surface area contributed by atoms with Crippen molar-refractivity contribution in [2.45, 2.75) is 25.3 Å². The molecule has 136 valence electrons. The molecule has 2 atom stereocenters. The first kappa shape index (κ1) is 17.4. The minimum atomic E-state index is -0.822. The van der Waals surface area contributed by atoms with E-state index in [0.717, 1.165) is 37.4 Å². The van der Waals surface area contributed by atoms with E-state index in [2.05, 4.69) is 10.2 Å². The molecule has 2 saturated heterocycles. The van der Waals surface area contributed by atoms with Gasteiger partial charge < -0.3 is 25.0 Å². The third kappa shape index (κ3) is 4.15. The minimum absolute atomic E-state index is 0.0660. The Balaban J connectivity index is 1.56. The van der Waals surface area contributed by atoms with Gasteiger partial charge in [-0.1, -0.05) is 6.07 Å². The van der Waals surface area contributed by atoms with Crippen molar-refractivity contribution in [2.75, 3.05) is 38.2 Å². The Hall–Kier alpha value is -2.44. The zero-order valence-electron chi connectivity index (χ0n) is 14.5. The number of rotatable bonds is 4. The first-order chi connectivity index (χ1) is 12.1. The summed E-state index contributed by atoms with van der Waals surface area (Å²) in [5, 5.41) is 12.1. The van der Waals surface area contributed by atoms with Crippen molar-refractivity contribution in [2.24, 2.45) is 5.92 Å². The monoisotopic (exact) mass is 347 g/mol. The molecule has 7 heteroatoms. The van der Waals surface area contributed by atoms with Crippen LogP contribution in [-0.2, 0) is 4.79 Å². The molecule has 0 aromatic heterocycles. The first-order valence-corrected chi connectivity index (χ1v) is 8.74. The molecule has 2 aliphatic rings. The van der Waals surface area contributed by atoms with Crippen LogP contribution in [0, 0.1) is 5.92 Å². The van der Waals surface area contributed by atoms with E-state index in [1.807, 2.05) is 24.3 Å². The van der Waals surface area contributed by atoms with Crippen molar-refractivity contribution in [3.63, 3.8) is 0 Å². The van der Waals surface area contributed by atoms with Crippen molar-refractivity contribution < 1.29 is 19.4 Å². The Morgan fingerprint density at radius 2 is 2.08 bits per heavy atom. The van der Waals surface area contributed by atoms with Gasteiger partial charge in [-0.05, 0) is 31.4 Å². The van der Waals surface area contributed by atoms with Gasteiger partial charge in [-0.25, -0.2) is 4.79 Å². The second kappa shape index (κ2) is 7.63. The van der Waals surface area contributed by atoms with Gasteiger partial charge in [-0.2, -0.15) is 0 Å². The molecule has 2 unspecified atom stereocenters. The number of carboxylic acid groups (broad SMARTS) is 1. The van der Waals surface area contributed by atoms with Crippen molar-refractivity contribution >= 4 is 17.7 Å². The van der Waals surface area contributed by atoms with Crippen LogP contribution in [0.2, 0.25) is 0 Å². The molecule has 1 aromatic carbocycles. The molecule has 0 bridgehead atoms. The molecule has 0 spiro atoms. The summed E-state index contributed by atoms with van der Waals surface area (Å²) < 4.78 is 5.28. The molecular formula is C18H25N3O4. The van der Waals surface area contributed by atoms with Crippen molar-refractivity contribution in [3.05, 3.63) is 24.3 Å². The van der Waals surface area contributed by atoms with Gasteiger partial charge in [0.2, 0.25) is 0 Å². The highest BCUT2D eigenvalue weighted by atomic mass is 16.5. The summed E-state index contributed by atoms with van der Waals surface area (Å²) in [5.41, 5.74) is 1.09. The molecule has 2 N–H and O–H groups in total. The number of hydrogen-bond donors (Lipinski definition) is 2. The maximum Gasteiger partial charge on any atom is 0.317 e. The maximum atomic E-state index is 12.4. The van der Waals surface area contributed by atoms with Crippen molar-refractivity contribution in [3.8, 4) is 5.75 Å². The summed E-state index contributed by atoms with van der Waals surface area (Å²) in [6.07, 6.45) is 2.46. The second-order valence-corrected chi connectivity index (χ2v) is 6.71. The van der Waals surface area contributed by atoms with Gasteiger partial charge in [0, 0.05) is 44.0 Å². The van der Waals surface area contributed by atoms with Gasteiger partial charge in [0.05, 0.1) is 13.0 Å². The summed E-state index contributed by atoms with van der Waals surface area (Å²) in [6.45, 7) is 2.50. The average Bonchev–Trinajstić information content (AvgIpc) is 3.13. The van der Waals surface area contributed by atoms with Crippen LogP contribution in [0.1, 0.15) is 19.3 Å². The average molecular weight is 347 g/mol. The summed E-state index contributed by atoms with van der Waals surface area (Å²) in [6, 6.07) is 7.84. The van der Waals surface area contributed by atoms with Crippen LogP contribution >= 0.6 is 0 Å². The fourth-order valence-corrected chi connectivity index (χ4v) is 3.55. The number of hydrogen-bond acceptors (Lipinski definition) is 4. The summed E-state index contributed by atoms with van der Waals surface area (Å²) >= 11 is 0. The van der Waals surface area contributed by atoms with Crippen LogP contribution in [0.15, 0.2) is 24.3 Å². The number of carbonyl (C=O) groups is 2. The Morgan fingerprint density at radius 1 is 1.24 bits per heavy atom. The van der Waals surface area contributed by atoms with E-state index in [1.165, 1.54) is 0 Å². The van der Waals surface area contributed by atoms with E-state index < -0.39 is 11.9 Å². The smallest absolute Gasteiger partial charge is 0.317 e. The molecule has 0 saturated carbocycles. The number of nitrogens with zero attached hydrogens (tertiary/aromatic N) is 2. The summed E-state index contributed by atoms with van der Waals surface area (Å²) in [5.74, 6) is -0.442. The highest BCUT2D eigenvalue weighted by Crippen LogP contribution is 2.24. The normalized spacial score (nSPS) is 23.4. The number of ether oxygens (including phenoxy) is 1. The van der Waals surface area contributed by atoms with Crippen LogP contribution in [0.3, 0.4) is 0 Å². The topological polar surface area (TPSA) is 82.1 Å². The lowest BCUT2D eigenvalue weighted by Gasteiger charge is -2.35. The number of methoxy groups -OCH3 is 1. The van der Waals surface area contributed by atoms with Crippen LogP contribution in [0.4, 0.5) is 10.5 Å². The largest absolute Gasteiger partial charge is 0.497 e. The highest BCUT2D eigenvalue weighted by molar-refractivity contribution is 5.77. The molecular weight excluding hydrogens is 322 g/mol.